The van der Waals surface area contributed by atoms with E-state index in [0.717, 1.165) is 50.8 Å². The first-order valence-electron chi connectivity index (χ1n) is 17.5. The smallest absolute Gasteiger partial charge is 0.229 e. The normalized spacial score (nSPS) is 46.0. The lowest BCUT2D eigenvalue weighted by Gasteiger charge is -2.60. The van der Waals surface area contributed by atoms with Crippen molar-refractivity contribution in [3.8, 4) is 0 Å². The quantitative estimate of drug-likeness (QED) is 0.418. The molecule has 240 valence electrons. The van der Waals surface area contributed by atoms with Crippen molar-refractivity contribution >= 4 is 17.6 Å². The van der Waals surface area contributed by atoms with Gasteiger partial charge in [-0.05, 0) is 98.5 Å². The van der Waals surface area contributed by atoms with E-state index < -0.39 is 0 Å². The van der Waals surface area contributed by atoms with Crippen molar-refractivity contribution in [2.24, 2.45) is 52.3 Å². The molecule has 1 aromatic rings. The van der Waals surface area contributed by atoms with Gasteiger partial charge in [0.2, 0.25) is 11.8 Å². The van der Waals surface area contributed by atoms with Gasteiger partial charge in [0.25, 0.3) is 0 Å². The van der Waals surface area contributed by atoms with E-state index in [1.165, 1.54) is 12.8 Å². The van der Waals surface area contributed by atoms with Crippen LogP contribution in [0.2, 0.25) is 0 Å². The molecule has 4 aliphatic carbocycles. The van der Waals surface area contributed by atoms with Crippen LogP contribution in [0.1, 0.15) is 97.6 Å². The number of aromatic nitrogens is 1. The van der Waals surface area contributed by atoms with Crippen LogP contribution in [-0.2, 0) is 25.7 Å². The van der Waals surface area contributed by atoms with Gasteiger partial charge < -0.3 is 15.4 Å². The molecule has 0 aromatic carbocycles. The summed E-state index contributed by atoms with van der Waals surface area (Å²) in [5.41, 5.74) is 0.352. The number of nitrogens with one attached hydrogen (secondary N) is 3. The number of hydrogen-bond donors (Lipinski definition) is 3. The van der Waals surface area contributed by atoms with E-state index in [4.69, 9.17) is 4.74 Å². The van der Waals surface area contributed by atoms with Gasteiger partial charge in [-0.3, -0.25) is 24.7 Å². The molecule has 8 heteroatoms. The molecule has 0 unspecified atom stereocenters. The third kappa shape index (κ3) is 4.85. The molecule has 12 atom stereocenters. The van der Waals surface area contributed by atoms with Gasteiger partial charge in [0.05, 0.1) is 18.3 Å². The Kier molecular flexibility index (Phi) is 7.71. The molecule has 2 saturated heterocycles. The summed E-state index contributed by atoms with van der Waals surface area (Å²) in [4.78, 5) is 43.8. The van der Waals surface area contributed by atoms with Crippen LogP contribution in [0.5, 0.6) is 0 Å². The Labute approximate surface area is 262 Å². The molecular formula is C36H52N4O4. The molecule has 0 bridgehead atoms. The number of carbonyl (C=O) groups excluding carboxylic acids is 3. The highest BCUT2D eigenvalue weighted by atomic mass is 16.5. The van der Waals surface area contributed by atoms with Gasteiger partial charge >= 0.3 is 0 Å². The highest BCUT2D eigenvalue weighted by Gasteiger charge is 2.71. The van der Waals surface area contributed by atoms with Gasteiger partial charge in [-0.2, -0.15) is 0 Å². The van der Waals surface area contributed by atoms with E-state index in [2.05, 4.69) is 48.6 Å². The van der Waals surface area contributed by atoms with E-state index in [0.29, 0.717) is 60.2 Å². The van der Waals surface area contributed by atoms with Crippen LogP contribution in [0.15, 0.2) is 24.4 Å². The summed E-state index contributed by atoms with van der Waals surface area (Å²) in [5, 5.41) is 9.79. The molecule has 7 rings (SSSR count). The van der Waals surface area contributed by atoms with Gasteiger partial charge in [-0.1, -0.05) is 33.8 Å². The maximum Gasteiger partial charge on any atom is 0.229 e. The molecule has 2 amide bonds. The molecule has 2 aliphatic heterocycles. The van der Waals surface area contributed by atoms with Crippen molar-refractivity contribution in [1.82, 2.24) is 20.9 Å². The number of piperidine rings is 1. The predicted octanol–water partition coefficient (Wildman–Crippen LogP) is 4.77. The van der Waals surface area contributed by atoms with Gasteiger partial charge in [-0.15, -0.1) is 0 Å². The minimum atomic E-state index is -0.287. The second kappa shape index (κ2) is 11.2. The van der Waals surface area contributed by atoms with Crippen molar-refractivity contribution in [2.75, 3.05) is 6.54 Å². The van der Waals surface area contributed by atoms with E-state index in [1.807, 2.05) is 18.2 Å². The van der Waals surface area contributed by atoms with Crippen LogP contribution in [0, 0.1) is 52.3 Å². The Hall–Kier alpha value is -2.32. The molecule has 1 spiro atoms. The van der Waals surface area contributed by atoms with Crippen LogP contribution in [0.25, 0.3) is 0 Å². The number of Topliss-reactive ketones (excluding diaryl/α,β-unsaturated/α-hetero) is 1. The maximum atomic E-state index is 14.4. The molecule has 3 heterocycles. The Bertz CT molecular complexity index is 1280. The molecule has 6 aliphatic rings. The highest BCUT2D eigenvalue weighted by molar-refractivity contribution is 5.96. The summed E-state index contributed by atoms with van der Waals surface area (Å²) >= 11 is 0. The van der Waals surface area contributed by atoms with E-state index >= 15 is 0 Å². The second-order valence-electron chi connectivity index (χ2n) is 16.0. The molecule has 6 fully saturated rings. The number of amides is 2. The SMILES string of the molecule is C[C@H]1CC[C@@]2(NC1)O[C@H]1C[C@H]3[C@@H]4CC[C@@H]5C[C@H](NC(=O)CC(=O)NCc6ccccn6)CC[C@]5(C)[C@H]4CC(=O)[C@]3(C)[C@H]1[C@@H]2C. The first-order valence-corrected chi connectivity index (χ1v) is 17.5. The average Bonchev–Trinajstić information content (AvgIpc) is 3.45. The number of pyridine rings is 1. The summed E-state index contributed by atoms with van der Waals surface area (Å²) in [7, 11) is 0. The molecular weight excluding hydrogens is 552 g/mol. The second-order valence-corrected chi connectivity index (χ2v) is 16.0. The Morgan fingerprint density at radius 1 is 1.05 bits per heavy atom. The molecule has 8 nitrogen and oxygen atoms in total. The van der Waals surface area contributed by atoms with Gasteiger partial charge in [0.15, 0.2) is 0 Å². The first kappa shape index (κ1) is 30.3. The molecule has 3 N–H and O–H groups in total. The highest BCUT2D eigenvalue weighted by Crippen LogP contribution is 2.70. The van der Waals surface area contributed by atoms with Crippen molar-refractivity contribution in [3.63, 3.8) is 0 Å². The lowest BCUT2D eigenvalue weighted by Crippen LogP contribution is -2.60. The maximum absolute atomic E-state index is 14.4. The predicted molar refractivity (Wildman–Crippen MR) is 167 cm³/mol. The van der Waals surface area contributed by atoms with Crippen LogP contribution in [0.4, 0.5) is 0 Å². The lowest BCUT2D eigenvalue weighted by atomic mass is 9.44. The third-order valence-corrected chi connectivity index (χ3v) is 13.9. The Morgan fingerprint density at radius 3 is 2.64 bits per heavy atom. The largest absolute Gasteiger partial charge is 0.357 e. The average molecular weight is 605 g/mol. The monoisotopic (exact) mass is 604 g/mol. The number of hydrogen-bond acceptors (Lipinski definition) is 6. The van der Waals surface area contributed by atoms with Crippen molar-refractivity contribution in [2.45, 2.75) is 116 Å². The van der Waals surface area contributed by atoms with Gasteiger partial charge in [0.1, 0.15) is 17.9 Å². The minimum absolute atomic E-state index is 0.0901. The van der Waals surface area contributed by atoms with Crippen LogP contribution < -0.4 is 16.0 Å². The fourth-order valence-corrected chi connectivity index (χ4v) is 11.4. The number of fused-ring (bicyclic) bond motifs is 7. The van der Waals surface area contributed by atoms with Gasteiger partial charge in [-0.25, -0.2) is 0 Å². The fraction of sp³-hybridized carbons (Fsp3) is 0.778. The number of ether oxygens (including phenoxy) is 1. The van der Waals surface area contributed by atoms with E-state index in [1.54, 1.807) is 6.20 Å². The molecule has 4 saturated carbocycles. The number of rotatable bonds is 5. The minimum Gasteiger partial charge on any atom is -0.357 e. The van der Waals surface area contributed by atoms with Crippen molar-refractivity contribution in [3.05, 3.63) is 30.1 Å². The summed E-state index contributed by atoms with van der Waals surface area (Å²) in [5.74, 6) is 3.22. The fourth-order valence-electron chi connectivity index (χ4n) is 11.4. The number of nitrogens with zero attached hydrogens (tertiary/aromatic N) is 1. The van der Waals surface area contributed by atoms with Crippen LogP contribution in [0.3, 0.4) is 0 Å². The zero-order valence-corrected chi connectivity index (χ0v) is 27.1. The van der Waals surface area contributed by atoms with E-state index in [-0.39, 0.29) is 46.9 Å². The molecule has 1 aromatic heterocycles. The first-order chi connectivity index (χ1) is 21.0. The summed E-state index contributed by atoms with van der Waals surface area (Å²) in [6, 6.07) is 5.66. The molecule has 44 heavy (non-hydrogen) atoms. The van der Waals surface area contributed by atoms with Crippen LogP contribution in [-0.4, -0.2) is 47.0 Å². The number of ketones is 1. The zero-order valence-electron chi connectivity index (χ0n) is 27.1. The topological polar surface area (TPSA) is 109 Å². The third-order valence-electron chi connectivity index (χ3n) is 13.9. The van der Waals surface area contributed by atoms with Crippen LogP contribution >= 0.6 is 0 Å². The zero-order chi connectivity index (χ0) is 30.9. The van der Waals surface area contributed by atoms with E-state index in [9.17, 15) is 14.4 Å². The lowest BCUT2D eigenvalue weighted by molar-refractivity contribution is -0.160. The van der Waals surface area contributed by atoms with Crippen molar-refractivity contribution in [1.29, 1.82) is 0 Å². The van der Waals surface area contributed by atoms with Gasteiger partial charge in [0, 0.05) is 42.5 Å². The summed E-state index contributed by atoms with van der Waals surface area (Å²) in [6.07, 6.45) is 10.9. The standard InChI is InChI=1S/C36H52N4O4/c1-21-10-13-36(39-19-21)22(2)33-29(44-36)16-28-26-9-8-23-15-24(11-12-34(23,3)27(26)17-30(41)35(28,33)4)40-32(43)18-31(42)38-20-25-7-5-6-14-37-25/h5-7,14,21-24,26-29,33,39H,8-13,15-20H2,1-4H3,(H,38,42)(H,40,43)/t21-,22-,23+,24+,26+,27-,28-,29-,33-,34-,35+,36+/m0/s1. The summed E-state index contributed by atoms with van der Waals surface area (Å²) < 4.78 is 6.97. The molecule has 0 radical (unpaired) electrons. The van der Waals surface area contributed by atoms with Crippen molar-refractivity contribution < 1.29 is 19.1 Å². The number of carbonyl (C=O) groups is 3. The Morgan fingerprint density at radius 2 is 1.89 bits per heavy atom. The Balaban J connectivity index is 0.977. The summed E-state index contributed by atoms with van der Waals surface area (Å²) in [6.45, 7) is 10.8.